The lowest BCUT2D eigenvalue weighted by molar-refractivity contribution is -0.120. The van der Waals surface area contributed by atoms with Crippen LogP contribution in [0, 0.1) is 9.39 Å². The van der Waals surface area contributed by atoms with Gasteiger partial charge in [-0.1, -0.05) is 30.3 Å². The smallest absolute Gasteiger partial charge is 0.252 e. The minimum atomic E-state index is -0.373. The van der Waals surface area contributed by atoms with E-state index in [0.717, 1.165) is 3.57 Å². The number of hydrogen-bond acceptors (Lipinski definition) is 2. The largest absolute Gasteiger partial charge is 0.350 e. The first-order valence-corrected chi connectivity index (χ1v) is 7.68. The highest BCUT2D eigenvalue weighted by Gasteiger charge is 2.10. The van der Waals surface area contributed by atoms with Gasteiger partial charge < -0.3 is 10.6 Å². The molecule has 0 saturated carbocycles. The zero-order valence-corrected chi connectivity index (χ0v) is 13.8. The highest BCUT2D eigenvalue weighted by Crippen LogP contribution is 2.10. The quantitative estimate of drug-likeness (QED) is 0.742. The lowest BCUT2D eigenvalue weighted by Crippen LogP contribution is -2.37. The normalized spacial score (nSPS) is 10.1. The number of carbonyl (C=O) groups excluding carboxylic acids is 2. The van der Waals surface area contributed by atoms with Gasteiger partial charge in [0.15, 0.2) is 0 Å². The van der Waals surface area contributed by atoms with Gasteiger partial charge in [0.1, 0.15) is 5.82 Å². The Labute approximate surface area is 141 Å². The van der Waals surface area contributed by atoms with Crippen molar-refractivity contribution in [3.05, 3.63) is 69.0 Å². The maximum absolute atomic E-state index is 13.4. The second-order valence-electron chi connectivity index (χ2n) is 4.53. The molecule has 0 aliphatic rings. The Morgan fingerprint density at radius 3 is 2.41 bits per heavy atom. The molecule has 0 unspecified atom stereocenters. The Bertz CT molecular complexity index is 691. The predicted molar refractivity (Wildman–Crippen MR) is 89.7 cm³/mol. The van der Waals surface area contributed by atoms with Gasteiger partial charge in [0.05, 0.1) is 12.1 Å². The minimum absolute atomic E-state index is 0.0875. The van der Waals surface area contributed by atoms with Crippen molar-refractivity contribution in [3.8, 4) is 0 Å². The van der Waals surface area contributed by atoms with Crippen LogP contribution in [0.2, 0.25) is 0 Å². The molecule has 2 aromatic carbocycles. The van der Waals surface area contributed by atoms with Crippen molar-refractivity contribution in [2.75, 3.05) is 6.54 Å². The summed E-state index contributed by atoms with van der Waals surface area (Å²) in [5, 5.41) is 5.11. The van der Waals surface area contributed by atoms with E-state index < -0.39 is 0 Å². The van der Waals surface area contributed by atoms with Gasteiger partial charge in [0.25, 0.3) is 5.91 Å². The second kappa shape index (κ2) is 7.88. The number of benzene rings is 2. The van der Waals surface area contributed by atoms with Crippen molar-refractivity contribution in [3.63, 3.8) is 0 Å². The molecular formula is C16H14FIN2O2. The lowest BCUT2D eigenvalue weighted by atomic mass is 10.2. The van der Waals surface area contributed by atoms with Gasteiger partial charge in [-0.2, -0.15) is 0 Å². The van der Waals surface area contributed by atoms with Crippen LogP contribution < -0.4 is 10.6 Å². The molecule has 0 atom stereocenters. The van der Waals surface area contributed by atoms with Crippen LogP contribution in [-0.4, -0.2) is 18.4 Å². The molecule has 0 radical (unpaired) electrons. The summed E-state index contributed by atoms with van der Waals surface area (Å²) >= 11 is 2.06. The van der Waals surface area contributed by atoms with Crippen LogP contribution in [0.25, 0.3) is 0 Å². The third kappa shape index (κ3) is 4.52. The molecule has 2 aromatic rings. The van der Waals surface area contributed by atoms with Crippen LogP contribution in [0.4, 0.5) is 4.39 Å². The first-order valence-electron chi connectivity index (χ1n) is 6.61. The molecule has 0 aliphatic heterocycles. The molecule has 6 heteroatoms. The fourth-order valence-corrected chi connectivity index (χ4v) is 2.43. The average Bonchev–Trinajstić information content (AvgIpc) is 2.52. The molecule has 2 amide bonds. The number of nitrogens with one attached hydrogen (secondary N) is 2. The maximum atomic E-state index is 13.4. The van der Waals surface area contributed by atoms with Crippen molar-refractivity contribution in [2.45, 2.75) is 6.54 Å². The van der Waals surface area contributed by atoms with Gasteiger partial charge in [0.2, 0.25) is 5.91 Å². The third-order valence-electron chi connectivity index (χ3n) is 2.96. The van der Waals surface area contributed by atoms with Crippen LogP contribution in [0.3, 0.4) is 0 Å². The number of hydrogen-bond donors (Lipinski definition) is 2. The lowest BCUT2D eigenvalue weighted by Gasteiger charge is -2.08. The van der Waals surface area contributed by atoms with E-state index in [-0.39, 0.29) is 30.7 Å². The Hall–Kier alpha value is -1.96. The highest BCUT2D eigenvalue weighted by atomic mass is 127. The molecule has 2 N–H and O–H groups in total. The molecule has 0 aromatic heterocycles. The van der Waals surface area contributed by atoms with Gasteiger partial charge in [-0.3, -0.25) is 9.59 Å². The number of carbonyl (C=O) groups is 2. The van der Waals surface area contributed by atoms with Crippen molar-refractivity contribution in [1.29, 1.82) is 0 Å². The molecule has 0 fully saturated rings. The summed E-state index contributed by atoms with van der Waals surface area (Å²) in [5.74, 6) is -1.06. The van der Waals surface area contributed by atoms with Crippen LogP contribution in [0.5, 0.6) is 0 Å². The van der Waals surface area contributed by atoms with E-state index in [1.165, 1.54) is 6.07 Å². The van der Waals surface area contributed by atoms with E-state index in [1.54, 1.807) is 30.3 Å². The van der Waals surface area contributed by atoms with Crippen molar-refractivity contribution < 1.29 is 14.0 Å². The van der Waals surface area contributed by atoms with Gasteiger partial charge in [-0.05, 0) is 40.8 Å². The molecule has 0 saturated heterocycles. The minimum Gasteiger partial charge on any atom is -0.350 e. The molecule has 22 heavy (non-hydrogen) atoms. The molecule has 4 nitrogen and oxygen atoms in total. The summed E-state index contributed by atoms with van der Waals surface area (Å²) in [6, 6.07) is 13.3. The van der Waals surface area contributed by atoms with E-state index in [4.69, 9.17) is 0 Å². The van der Waals surface area contributed by atoms with Crippen LogP contribution in [-0.2, 0) is 11.3 Å². The molecule has 114 valence electrons. The monoisotopic (exact) mass is 412 g/mol. The summed E-state index contributed by atoms with van der Waals surface area (Å²) in [4.78, 5) is 23.6. The number of rotatable bonds is 5. The Kier molecular flexibility index (Phi) is 5.88. The first-order chi connectivity index (χ1) is 10.6. The topological polar surface area (TPSA) is 58.2 Å². The molecular weight excluding hydrogens is 398 g/mol. The van der Waals surface area contributed by atoms with E-state index in [9.17, 15) is 14.0 Å². The predicted octanol–water partition coefficient (Wildman–Crippen LogP) is 2.48. The molecule has 0 heterocycles. The van der Waals surface area contributed by atoms with Crippen molar-refractivity contribution >= 4 is 34.4 Å². The summed E-state index contributed by atoms with van der Waals surface area (Å²) < 4.78 is 14.2. The molecule has 0 bridgehead atoms. The fraction of sp³-hybridized carbons (Fsp3) is 0.125. The Balaban J connectivity index is 1.82. The van der Waals surface area contributed by atoms with E-state index in [0.29, 0.717) is 11.1 Å². The van der Waals surface area contributed by atoms with E-state index >= 15 is 0 Å². The molecule has 2 rings (SSSR count). The van der Waals surface area contributed by atoms with E-state index in [1.807, 2.05) is 12.1 Å². The van der Waals surface area contributed by atoms with Gasteiger partial charge in [0, 0.05) is 15.7 Å². The zero-order chi connectivity index (χ0) is 15.9. The van der Waals surface area contributed by atoms with Gasteiger partial charge in [-0.25, -0.2) is 4.39 Å². The maximum Gasteiger partial charge on any atom is 0.252 e. The summed E-state index contributed by atoms with van der Waals surface area (Å²) in [7, 11) is 0. The van der Waals surface area contributed by atoms with Crippen LogP contribution >= 0.6 is 22.6 Å². The van der Waals surface area contributed by atoms with Crippen LogP contribution in [0.15, 0.2) is 48.5 Å². The zero-order valence-electron chi connectivity index (χ0n) is 11.6. The van der Waals surface area contributed by atoms with Gasteiger partial charge in [-0.15, -0.1) is 0 Å². The standard InChI is InChI=1S/C16H14FIN2O2/c17-13-7-3-1-5-11(13)9-19-15(21)10-20-16(22)12-6-2-4-8-14(12)18/h1-8H,9-10H2,(H,19,21)(H,20,22). The molecule has 0 spiro atoms. The van der Waals surface area contributed by atoms with Crippen molar-refractivity contribution in [2.24, 2.45) is 0 Å². The van der Waals surface area contributed by atoms with E-state index in [2.05, 4.69) is 33.2 Å². The van der Waals surface area contributed by atoms with Gasteiger partial charge >= 0.3 is 0 Å². The fourth-order valence-electron chi connectivity index (χ4n) is 1.80. The second-order valence-corrected chi connectivity index (χ2v) is 5.69. The Morgan fingerprint density at radius 2 is 1.68 bits per heavy atom. The van der Waals surface area contributed by atoms with Crippen molar-refractivity contribution in [1.82, 2.24) is 10.6 Å². The number of halogens is 2. The first kappa shape index (κ1) is 16.4. The third-order valence-corrected chi connectivity index (χ3v) is 3.90. The summed E-state index contributed by atoms with van der Waals surface area (Å²) in [6.45, 7) is -0.0670. The average molecular weight is 412 g/mol. The number of amides is 2. The summed E-state index contributed by atoms with van der Waals surface area (Å²) in [5.41, 5.74) is 0.921. The molecule has 0 aliphatic carbocycles. The van der Waals surface area contributed by atoms with Crippen LogP contribution in [0.1, 0.15) is 15.9 Å². The highest BCUT2D eigenvalue weighted by molar-refractivity contribution is 14.1. The SMILES string of the molecule is O=C(CNC(=O)c1ccccc1I)NCc1ccccc1F. The summed E-state index contributed by atoms with van der Waals surface area (Å²) in [6.07, 6.45) is 0. The Morgan fingerprint density at radius 1 is 1.00 bits per heavy atom.